The highest BCUT2D eigenvalue weighted by atomic mass is 79.9. The van der Waals surface area contributed by atoms with Crippen molar-refractivity contribution in [3.63, 3.8) is 0 Å². The summed E-state index contributed by atoms with van der Waals surface area (Å²) < 4.78 is 29.0. The monoisotopic (exact) mass is 351 g/mol. The molecule has 0 aliphatic heterocycles. The number of halogens is 1. The molecule has 0 aromatic carbocycles. The predicted molar refractivity (Wildman–Crippen MR) is 73.8 cm³/mol. The summed E-state index contributed by atoms with van der Waals surface area (Å²) in [6, 6.07) is -0.106. The molecule has 1 aromatic rings. The largest absolute Gasteiger partial charge is 0.330 e. The van der Waals surface area contributed by atoms with Crippen LogP contribution in [0.15, 0.2) is 9.63 Å². The number of hydrogen-bond donors (Lipinski definition) is 2. The average molecular weight is 352 g/mol. The van der Waals surface area contributed by atoms with Gasteiger partial charge in [-0.1, -0.05) is 18.1 Å². The van der Waals surface area contributed by atoms with Gasteiger partial charge in [0.2, 0.25) is 5.03 Å². The molecule has 1 aliphatic rings. The highest BCUT2D eigenvalue weighted by Gasteiger charge is 2.31. The number of sulfonamides is 1. The SMILES string of the molecule is Cn1nnc(Br)c1S(=O)(=O)NC1CCCCC1CN. The Morgan fingerprint density at radius 2 is 2.16 bits per heavy atom. The van der Waals surface area contributed by atoms with E-state index in [4.69, 9.17) is 5.73 Å². The molecule has 1 aliphatic carbocycles. The predicted octanol–water partition coefficient (Wildman–Crippen LogP) is 0.373. The Labute approximate surface area is 121 Å². The first-order chi connectivity index (χ1) is 8.95. The van der Waals surface area contributed by atoms with Crippen molar-refractivity contribution in [2.75, 3.05) is 6.54 Å². The Kier molecular flexibility index (Phi) is 4.59. The fraction of sp³-hybridized carbons (Fsp3) is 0.800. The molecule has 2 unspecified atom stereocenters. The van der Waals surface area contributed by atoms with Gasteiger partial charge in [-0.2, -0.15) is 0 Å². The molecule has 0 bridgehead atoms. The molecule has 0 saturated heterocycles. The zero-order chi connectivity index (χ0) is 14.0. The Bertz CT molecular complexity index is 525. The first-order valence-electron chi connectivity index (χ1n) is 6.23. The van der Waals surface area contributed by atoms with E-state index in [2.05, 4.69) is 31.0 Å². The lowest BCUT2D eigenvalue weighted by atomic mass is 9.85. The van der Waals surface area contributed by atoms with Crippen LogP contribution in [0.25, 0.3) is 0 Å². The third-order valence-electron chi connectivity index (χ3n) is 3.51. The van der Waals surface area contributed by atoms with E-state index in [0.717, 1.165) is 25.7 Å². The van der Waals surface area contributed by atoms with E-state index >= 15 is 0 Å². The lowest BCUT2D eigenvalue weighted by molar-refractivity contribution is 0.295. The minimum Gasteiger partial charge on any atom is -0.330 e. The molecular formula is C10H18BrN5O2S. The fourth-order valence-corrected chi connectivity index (χ4v) is 4.94. The Hall–Kier alpha value is -0.510. The zero-order valence-electron chi connectivity index (χ0n) is 10.7. The Morgan fingerprint density at radius 3 is 2.74 bits per heavy atom. The summed E-state index contributed by atoms with van der Waals surface area (Å²) in [4.78, 5) is 0. The Balaban J connectivity index is 2.21. The van der Waals surface area contributed by atoms with Crippen LogP contribution in [0, 0.1) is 5.92 Å². The number of aryl methyl sites for hydroxylation is 1. The van der Waals surface area contributed by atoms with Crippen LogP contribution >= 0.6 is 15.9 Å². The quantitative estimate of drug-likeness (QED) is 0.815. The second kappa shape index (κ2) is 5.86. The minimum absolute atomic E-state index is 0.0499. The first kappa shape index (κ1) is 14.9. The highest BCUT2D eigenvalue weighted by Crippen LogP contribution is 2.26. The molecule has 1 saturated carbocycles. The van der Waals surface area contributed by atoms with Gasteiger partial charge in [-0.05, 0) is 41.2 Å². The van der Waals surface area contributed by atoms with Crippen LogP contribution in [0.5, 0.6) is 0 Å². The number of nitrogens with two attached hydrogens (primary N) is 1. The maximum absolute atomic E-state index is 12.4. The maximum Gasteiger partial charge on any atom is 0.260 e. The van der Waals surface area contributed by atoms with Gasteiger partial charge in [0, 0.05) is 13.1 Å². The zero-order valence-corrected chi connectivity index (χ0v) is 13.1. The van der Waals surface area contributed by atoms with Gasteiger partial charge < -0.3 is 5.73 Å². The van der Waals surface area contributed by atoms with Gasteiger partial charge >= 0.3 is 0 Å². The van der Waals surface area contributed by atoms with Crippen molar-refractivity contribution in [1.29, 1.82) is 0 Å². The molecule has 1 aromatic heterocycles. The topological polar surface area (TPSA) is 103 Å². The van der Waals surface area contributed by atoms with Gasteiger partial charge in [0.15, 0.2) is 4.60 Å². The van der Waals surface area contributed by atoms with Crippen LogP contribution < -0.4 is 10.5 Å². The van der Waals surface area contributed by atoms with E-state index in [1.165, 1.54) is 4.68 Å². The average Bonchev–Trinajstić information content (AvgIpc) is 2.70. The molecule has 7 nitrogen and oxygen atoms in total. The third-order valence-corrected chi connectivity index (χ3v) is 5.89. The molecule has 1 fully saturated rings. The van der Waals surface area contributed by atoms with Crippen LogP contribution in [-0.4, -0.2) is 36.0 Å². The van der Waals surface area contributed by atoms with Crippen molar-refractivity contribution < 1.29 is 8.42 Å². The summed E-state index contributed by atoms with van der Waals surface area (Å²) >= 11 is 3.11. The second-order valence-corrected chi connectivity index (χ2v) is 7.20. The van der Waals surface area contributed by atoms with E-state index in [9.17, 15) is 8.42 Å². The van der Waals surface area contributed by atoms with Gasteiger partial charge in [-0.3, -0.25) is 0 Å². The number of nitrogens with one attached hydrogen (secondary N) is 1. The minimum atomic E-state index is -3.64. The number of rotatable bonds is 4. The summed E-state index contributed by atoms with van der Waals surface area (Å²) in [6.45, 7) is 0.498. The summed E-state index contributed by atoms with van der Waals surface area (Å²) in [6.07, 6.45) is 3.92. The molecule has 19 heavy (non-hydrogen) atoms. The van der Waals surface area contributed by atoms with E-state index < -0.39 is 10.0 Å². The van der Waals surface area contributed by atoms with Crippen molar-refractivity contribution in [2.45, 2.75) is 36.8 Å². The molecule has 2 atom stereocenters. The molecule has 1 heterocycles. The van der Waals surface area contributed by atoms with Crippen molar-refractivity contribution in [3.05, 3.63) is 4.60 Å². The van der Waals surface area contributed by atoms with E-state index in [1.54, 1.807) is 7.05 Å². The number of aromatic nitrogens is 3. The highest BCUT2D eigenvalue weighted by molar-refractivity contribution is 9.10. The summed E-state index contributed by atoms with van der Waals surface area (Å²) in [5, 5.41) is 7.44. The van der Waals surface area contributed by atoms with Crippen LogP contribution in [0.2, 0.25) is 0 Å². The summed E-state index contributed by atoms with van der Waals surface area (Å²) in [5.41, 5.74) is 5.72. The standard InChI is InChI=1S/C10H18BrN5O2S/c1-16-10(9(11)13-15-16)19(17,18)14-8-5-3-2-4-7(8)6-12/h7-8,14H,2-6,12H2,1H3. The molecule has 0 amide bonds. The molecule has 108 valence electrons. The first-order valence-corrected chi connectivity index (χ1v) is 8.51. The Morgan fingerprint density at radius 1 is 1.47 bits per heavy atom. The van der Waals surface area contributed by atoms with Gasteiger partial charge in [-0.15, -0.1) is 5.10 Å². The van der Waals surface area contributed by atoms with Crippen molar-refractivity contribution >= 4 is 26.0 Å². The van der Waals surface area contributed by atoms with Crippen LogP contribution in [0.3, 0.4) is 0 Å². The van der Waals surface area contributed by atoms with Crippen molar-refractivity contribution in [2.24, 2.45) is 18.7 Å². The van der Waals surface area contributed by atoms with Gasteiger partial charge in [0.05, 0.1) is 0 Å². The molecule has 0 spiro atoms. The molecule has 3 N–H and O–H groups in total. The lowest BCUT2D eigenvalue weighted by Crippen LogP contribution is -2.45. The van der Waals surface area contributed by atoms with E-state index in [0.29, 0.717) is 6.54 Å². The van der Waals surface area contributed by atoms with Crippen LogP contribution in [0.1, 0.15) is 25.7 Å². The fourth-order valence-electron chi connectivity index (χ4n) is 2.51. The number of hydrogen-bond acceptors (Lipinski definition) is 5. The maximum atomic E-state index is 12.4. The summed E-state index contributed by atoms with van der Waals surface area (Å²) in [5.74, 6) is 0.198. The second-order valence-electron chi connectivity index (χ2n) is 4.82. The van der Waals surface area contributed by atoms with Crippen molar-refractivity contribution in [1.82, 2.24) is 19.7 Å². The number of nitrogens with zero attached hydrogens (tertiary/aromatic N) is 3. The normalized spacial score (nSPS) is 24.6. The molecular weight excluding hydrogens is 334 g/mol. The lowest BCUT2D eigenvalue weighted by Gasteiger charge is -2.30. The third kappa shape index (κ3) is 3.15. The van der Waals surface area contributed by atoms with Crippen LogP contribution in [-0.2, 0) is 17.1 Å². The molecule has 2 rings (SSSR count). The van der Waals surface area contributed by atoms with Crippen molar-refractivity contribution in [3.8, 4) is 0 Å². The van der Waals surface area contributed by atoms with Crippen LogP contribution in [0.4, 0.5) is 0 Å². The summed E-state index contributed by atoms with van der Waals surface area (Å²) in [7, 11) is -2.09. The van der Waals surface area contributed by atoms with E-state index in [-0.39, 0.29) is 21.6 Å². The van der Waals surface area contributed by atoms with Gasteiger partial charge in [-0.25, -0.2) is 17.8 Å². The van der Waals surface area contributed by atoms with E-state index in [1.807, 2.05) is 0 Å². The molecule has 0 radical (unpaired) electrons. The van der Waals surface area contributed by atoms with Gasteiger partial charge in [0.25, 0.3) is 10.0 Å². The smallest absolute Gasteiger partial charge is 0.260 e. The van der Waals surface area contributed by atoms with Gasteiger partial charge in [0.1, 0.15) is 0 Å². The molecule has 9 heteroatoms.